The number of hydrogen-bond donors (Lipinski definition) is 1. The van der Waals surface area contributed by atoms with E-state index in [0.717, 1.165) is 25.4 Å². The average molecular weight is 323 g/mol. The van der Waals surface area contributed by atoms with Crippen LogP contribution in [0.5, 0.6) is 5.75 Å². The van der Waals surface area contributed by atoms with Gasteiger partial charge in [-0.05, 0) is 52.0 Å². The molecular weight excluding hydrogens is 305 g/mol. The molecule has 1 aliphatic heterocycles. The number of methoxy groups -OCH3 is 1. The first-order chi connectivity index (χ1) is 9.73. The Morgan fingerprint density at radius 2 is 1.81 bits per heavy atom. The molecule has 0 radical (unpaired) electrons. The molecule has 0 aliphatic carbocycles. The van der Waals surface area contributed by atoms with Gasteiger partial charge >= 0.3 is 7.12 Å². The van der Waals surface area contributed by atoms with Crippen molar-refractivity contribution >= 4 is 46.4 Å². The number of ether oxygens (including phenoxy) is 1. The van der Waals surface area contributed by atoms with Crippen molar-refractivity contribution in [2.45, 2.75) is 38.9 Å². The van der Waals surface area contributed by atoms with Crippen LogP contribution >= 0.6 is 23.6 Å². The van der Waals surface area contributed by atoms with Crippen molar-refractivity contribution in [3.8, 4) is 5.75 Å². The predicted molar refractivity (Wildman–Crippen MR) is 89.3 cm³/mol. The van der Waals surface area contributed by atoms with Gasteiger partial charge in [0.25, 0.3) is 0 Å². The van der Waals surface area contributed by atoms with Crippen LogP contribution in [-0.2, 0) is 9.31 Å². The molecule has 112 valence electrons. The summed E-state index contributed by atoms with van der Waals surface area (Å²) in [6, 6.07) is 3.98. The number of aromatic nitrogens is 1. The van der Waals surface area contributed by atoms with Crippen LogP contribution in [0.1, 0.15) is 27.7 Å². The van der Waals surface area contributed by atoms with Gasteiger partial charge in [-0.3, -0.25) is 0 Å². The summed E-state index contributed by atoms with van der Waals surface area (Å²) in [5.74, 6) is 0.756. The average Bonchev–Trinajstić information content (AvgIpc) is 2.83. The van der Waals surface area contributed by atoms with Gasteiger partial charge in [0.1, 0.15) is 5.75 Å². The first kappa shape index (κ1) is 15.0. The lowest BCUT2D eigenvalue weighted by atomic mass is 9.78. The van der Waals surface area contributed by atoms with E-state index < -0.39 is 7.12 Å². The molecular formula is C14H18BNO3S2. The van der Waals surface area contributed by atoms with Crippen LogP contribution < -0.4 is 10.2 Å². The van der Waals surface area contributed by atoms with Crippen molar-refractivity contribution in [1.82, 2.24) is 4.98 Å². The largest absolute Gasteiger partial charge is 0.498 e. The molecule has 1 saturated heterocycles. The minimum atomic E-state index is -0.448. The third kappa shape index (κ3) is 2.42. The number of rotatable bonds is 2. The third-order valence-corrected chi connectivity index (χ3v) is 5.48. The smallest absolute Gasteiger partial charge is 0.497 e. The van der Waals surface area contributed by atoms with Crippen LogP contribution in [0.3, 0.4) is 0 Å². The minimum Gasteiger partial charge on any atom is -0.497 e. The SMILES string of the molecule is COc1cc2sc(=S)[nH]c2cc1B1OC(C)(C)C(C)(C)O1. The van der Waals surface area contributed by atoms with E-state index in [2.05, 4.69) is 4.98 Å². The number of aromatic amines is 1. The van der Waals surface area contributed by atoms with Gasteiger partial charge in [0, 0.05) is 5.46 Å². The van der Waals surface area contributed by atoms with Gasteiger partial charge in [0.15, 0.2) is 3.95 Å². The quantitative estimate of drug-likeness (QED) is 0.680. The molecule has 1 fully saturated rings. The van der Waals surface area contributed by atoms with Crippen molar-refractivity contribution in [1.29, 1.82) is 0 Å². The molecule has 4 nitrogen and oxygen atoms in total. The number of hydrogen-bond acceptors (Lipinski definition) is 5. The number of thiazole rings is 1. The van der Waals surface area contributed by atoms with Crippen LogP contribution in [0, 0.1) is 3.95 Å². The zero-order valence-electron chi connectivity index (χ0n) is 12.8. The Labute approximate surface area is 133 Å². The van der Waals surface area contributed by atoms with Crippen LogP contribution in [0.15, 0.2) is 12.1 Å². The molecule has 0 saturated carbocycles. The molecule has 0 unspecified atom stereocenters. The zero-order valence-corrected chi connectivity index (χ0v) is 14.4. The molecule has 2 heterocycles. The fraction of sp³-hybridized carbons (Fsp3) is 0.500. The van der Waals surface area contributed by atoms with E-state index in [9.17, 15) is 0 Å². The molecule has 0 bridgehead atoms. The topological polar surface area (TPSA) is 43.5 Å². The highest BCUT2D eigenvalue weighted by atomic mass is 32.1. The minimum absolute atomic E-state index is 0.376. The highest BCUT2D eigenvalue weighted by Gasteiger charge is 2.52. The second kappa shape index (κ2) is 4.81. The van der Waals surface area contributed by atoms with E-state index in [1.54, 1.807) is 7.11 Å². The molecule has 1 aliphatic rings. The summed E-state index contributed by atoms with van der Waals surface area (Å²) in [5, 5.41) is 0. The van der Waals surface area contributed by atoms with E-state index in [1.165, 1.54) is 11.3 Å². The predicted octanol–water partition coefficient (Wildman–Crippen LogP) is 3.27. The molecule has 21 heavy (non-hydrogen) atoms. The molecule has 1 aromatic heterocycles. The highest BCUT2D eigenvalue weighted by molar-refractivity contribution is 7.73. The second-order valence-electron chi connectivity index (χ2n) is 6.19. The van der Waals surface area contributed by atoms with Gasteiger partial charge in [0.05, 0.1) is 28.5 Å². The summed E-state index contributed by atoms with van der Waals surface area (Å²) in [7, 11) is 1.21. The number of benzene rings is 1. The maximum Gasteiger partial charge on any atom is 0.498 e. The first-order valence-corrected chi connectivity index (χ1v) is 8.02. The van der Waals surface area contributed by atoms with Crippen LogP contribution in [0.25, 0.3) is 10.2 Å². The van der Waals surface area contributed by atoms with E-state index in [4.69, 9.17) is 26.3 Å². The van der Waals surface area contributed by atoms with E-state index in [0.29, 0.717) is 0 Å². The van der Waals surface area contributed by atoms with Gasteiger partial charge in [-0.25, -0.2) is 0 Å². The van der Waals surface area contributed by atoms with Crippen molar-refractivity contribution in [2.24, 2.45) is 0 Å². The molecule has 7 heteroatoms. The monoisotopic (exact) mass is 323 g/mol. The zero-order chi connectivity index (χ0) is 15.4. The summed E-state index contributed by atoms with van der Waals surface area (Å²) >= 11 is 6.73. The van der Waals surface area contributed by atoms with Gasteiger partial charge in [-0.1, -0.05) is 0 Å². The molecule has 1 aromatic carbocycles. The normalized spacial score (nSPS) is 20.1. The van der Waals surface area contributed by atoms with Crippen LogP contribution in [-0.4, -0.2) is 30.4 Å². The fourth-order valence-corrected chi connectivity index (χ4v) is 3.45. The van der Waals surface area contributed by atoms with E-state index in [-0.39, 0.29) is 11.2 Å². The van der Waals surface area contributed by atoms with Gasteiger partial charge < -0.3 is 19.0 Å². The summed E-state index contributed by atoms with van der Waals surface area (Å²) in [6.07, 6.45) is 0. The van der Waals surface area contributed by atoms with Crippen molar-refractivity contribution in [3.05, 3.63) is 16.1 Å². The number of fused-ring (bicyclic) bond motifs is 1. The fourth-order valence-electron chi connectivity index (χ4n) is 2.33. The summed E-state index contributed by atoms with van der Waals surface area (Å²) in [4.78, 5) is 3.18. The Morgan fingerprint density at radius 3 is 2.38 bits per heavy atom. The lowest BCUT2D eigenvalue weighted by molar-refractivity contribution is 0.00578. The van der Waals surface area contributed by atoms with Gasteiger partial charge in [0.2, 0.25) is 0 Å². The van der Waals surface area contributed by atoms with Crippen molar-refractivity contribution in [3.63, 3.8) is 0 Å². The Hall–Kier alpha value is -0.885. The number of H-pyrrole nitrogens is 1. The van der Waals surface area contributed by atoms with Crippen LogP contribution in [0.2, 0.25) is 0 Å². The third-order valence-electron chi connectivity index (χ3n) is 4.28. The molecule has 3 rings (SSSR count). The lowest BCUT2D eigenvalue weighted by Crippen LogP contribution is -2.41. The molecule has 0 atom stereocenters. The van der Waals surface area contributed by atoms with E-state index >= 15 is 0 Å². The highest BCUT2D eigenvalue weighted by Crippen LogP contribution is 2.37. The van der Waals surface area contributed by atoms with Gasteiger partial charge in [-0.2, -0.15) is 0 Å². The Bertz CT molecular complexity index is 734. The van der Waals surface area contributed by atoms with Crippen molar-refractivity contribution in [2.75, 3.05) is 7.11 Å². The standard InChI is InChI=1S/C14H18BNO3S2/c1-13(2)14(3,4)19-15(18-13)8-6-9-11(7-10(8)17-5)21-12(20)16-9/h6-7H,1-5H3,(H,16,20). The Kier molecular flexibility index (Phi) is 3.44. The molecule has 0 amide bonds. The maximum atomic E-state index is 6.11. The maximum absolute atomic E-state index is 6.11. The van der Waals surface area contributed by atoms with Crippen molar-refractivity contribution < 1.29 is 14.0 Å². The Balaban J connectivity index is 2.10. The second-order valence-corrected chi connectivity index (χ2v) is 7.91. The van der Waals surface area contributed by atoms with E-state index in [1.807, 2.05) is 39.8 Å². The van der Waals surface area contributed by atoms with Crippen LogP contribution in [0.4, 0.5) is 0 Å². The molecule has 2 aromatic rings. The first-order valence-electron chi connectivity index (χ1n) is 6.80. The lowest BCUT2D eigenvalue weighted by Gasteiger charge is -2.32. The summed E-state index contributed by atoms with van der Waals surface area (Å²) in [6.45, 7) is 8.15. The van der Waals surface area contributed by atoms with Gasteiger partial charge in [-0.15, -0.1) is 11.3 Å². The summed E-state index contributed by atoms with van der Waals surface area (Å²) < 4.78 is 19.5. The Morgan fingerprint density at radius 1 is 1.19 bits per heavy atom. The molecule has 1 N–H and O–H groups in total. The summed E-state index contributed by atoms with van der Waals surface area (Å²) in [5.41, 5.74) is 1.11. The molecule has 0 spiro atoms. The number of nitrogens with one attached hydrogen (secondary N) is 1.